The summed E-state index contributed by atoms with van der Waals surface area (Å²) in [6.45, 7) is 2.75. The molecule has 2 aromatic carbocycles. The van der Waals surface area contributed by atoms with Crippen LogP contribution in [0.3, 0.4) is 0 Å². The molecule has 0 aliphatic rings. The molecule has 0 aliphatic carbocycles. The molecule has 0 saturated carbocycles. The van der Waals surface area contributed by atoms with Gasteiger partial charge in [-0.2, -0.15) is 5.26 Å². The maximum Gasteiger partial charge on any atom is 0.261 e. The third kappa shape index (κ3) is 6.72. The summed E-state index contributed by atoms with van der Waals surface area (Å²) in [7, 11) is 3.14. The Kier molecular flexibility index (Phi) is 9.49. The molecule has 1 N–H and O–H groups in total. The van der Waals surface area contributed by atoms with E-state index < -0.39 is 5.91 Å². The minimum atomic E-state index is -0.460. The van der Waals surface area contributed by atoms with E-state index in [4.69, 9.17) is 25.4 Å². The van der Waals surface area contributed by atoms with Gasteiger partial charge in [0, 0.05) is 6.54 Å². The first-order valence-electron chi connectivity index (χ1n) is 10.00. The number of benzene rings is 2. The highest BCUT2D eigenvalue weighted by Gasteiger charge is 2.11. The van der Waals surface area contributed by atoms with E-state index in [9.17, 15) is 10.1 Å². The van der Waals surface area contributed by atoms with Crippen molar-refractivity contribution in [1.29, 1.82) is 5.26 Å². The van der Waals surface area contributed by atoms with E-state index in [1.807, 2.05) is 31.2 Å². The molecule has 0 aliphatic heterocycles. The molecule has 7 nitrogen and oxygen atoms in total. The number of rotatable bonds is 11. The molecule has 0 atom stereocenters. The van der Waals surface area contributed by atoms with Crippen LogP contribution in [-0.4, -0.2) is 39.9 Å². The fourth-order valence-corrected chi connectivity index (χ4v) is 2.89. The molecule has 0 saturated heterocycles. The van der Waals surface area contributed by atoms with Gasteiger partial charge in [0.15, 0.2) is 23.0 Å². The van der Waals surface area contributed by atoms with Crippen LogP contribution in [0, 0.1) is 23.7 Å². The fraction of sp³-hybridized carbons (Fsp3) is 0.280. The Balaban J connectivity index is 2.06. The Morgan fingerprint density at radius 3 is 2.47 bits per heavy atom. The Bertz CT molecular complexity index is 1050. The summed E-state index contributed by atoms with van der Waals surface area (Å²) in [6, 6.07) is 12.6. The van der Waals surface area contributed by atoms with E-state index in [-0.39, 0.29) is 12.2 Å². The van der Waals surface area contributed by atoms with Crippen LogP contribution in [0.4, 0.5) is 0 Å². The summed E-state index contributed by atoms with van der Waals surface area (Å²) in [4.78, 5) is 12.5. The Morgan fingerprint density at radius 2 is 1.81 bits per heavy atom. The molecule has 0 aromatic heterocycles. The number of nitrogens with zero attached hydrogens (tertiary/aromatic N) is 1. The molecule has 0 unspecified atom stereocenters. The standard InChI is InChI=1S/C25H26N2O5/c1-5-13-32-22-10-8-19(16-24(22)31-6-2)14-20(17-26)25(28)27-12-11-18-7-9-21(29-3)23(15-18)30-4/h1,7-10,14-16H,6,11-13H2,2-4H3,(H,27,28)/b20-14+. The Morgan fingerprint density at radius 1 is 1.06 bits per heavy atom. The van der Waals surface area contributed by atoms with Gasteiger partial charge in [-0.15, -0.1) is 6.42 Å². The van der Waals surface area contributed by atoms with Crippen LogP contribution in [0.25, 0.3) is 6.08 Å². The molecule has 0 bridgehead atoms. The first-order valence-corrected chi connectivity index (χ1v) is 10.00. The fourth-order valence-electron chi connectivity index (χ4n) is 2.89. The van der Waals surface area contributed by atoms with Gasteiger partial charge in [-0.1, -0.05) is 18.1 Å². The maximum absolute atomic E-state index is 12.5. The average molecular weight is 434 g/mol. The van der Waals surface area contributed by atoms with E-state index in [1.54, 1.807) is 32.4 Å². The van der Waals surface area contributed by atoms with Gasteiger partial charge in [0.25, 0.3) is 5.91 Å². The summed E-state index contributed by atoms with van der Waals surface area (Å²) in [6.07, 6.45) is 7.30. The summed E-state index contributed by atoms with van der Waals surface area (Å²) in [5.41, 5.74) is 1.58. The van der Waals surface area contributed by atoms with Gasteiger partial charge in [0.1, 0.15) is 18.2 Å². The largest absolute Gasteiger partial charge is 0.493 e. The highest BCUT2D eigenvalue weighted by molar-refractivity contribution is 6.01. The number of ether oxygens (including phenoxy) is 4. The lowest BCUT2D eigenvalue weighted by atomic mass is 10.1. The van der Waals surface area contributed by atoms with E-state index in [0.29, 0.717) is 48.1 Å². The zero-order valence-corrected chi connectivity index (χ0v) is 18.4. The Labute approximate surface area is 188 Å². The lowest BCUT2D eigenvalue weighted by Crippen LogP contribution is -2.26. The van der Waals surface area contributed by atoms with Crippen molar-refractivity contribution in [2.24, 2.45) is 0 Å². The third-order valence-corrected chi connectivity index (χ3v) is 4.40. The predicted octanol–water partition coefficient (Wildman–Crippen LogP) is 3.38. The van der Waals surface area contributed by atoms with Crippen LogP contribution in [0.15, 0.2) is 42.0 Å². The van der Waals surface area contributed by atoms with Crippen LogP contribution in [0.1, 0.15) is 18.1 Å². The van der Waals surface area contributed by atoms with Gasteiger partial charge in [-0.25, -0.2) is 0 Å². The number of terminal acetylenes is 1. The van der Waals surface area contributed by atoms with E-state index in [1.165, 1.54) is 6.08 Å². The zero-order chi connectivity index (χ0) is 23.3. The van der Waals surface area contributed by atoms with Crippen molar-refractivity contribution < 1.29 is 23.7 Å². The summed E-state index contributed by atoms with van der Waals surface area (Å²) >= 11 is 0. The highest BCUT2D eigenvalue weighted by Crippen LogP contribution is 2.29. The van der Waals surface area contributed by atoms with Gasteiger partial charge < -0.3 is 24.3 Å². The molecule has 0 fully saturated rings. The van der Waals surface area contributed by atoms with Crippen LogP contribution < -0.4 is 24.3 Å². The number of nitriles is 1. The average Bonchev–Trinajstić information content (AvgIpc) is 2.81. The van der Waals surface area contributed by atoms with Crippen molar-refractivity contribution in [3.8, 4) is 41.4 Å². The molecule has 166 valence electrons. The Hall–Kier alpha value is -4.10. The second kappa shape index (κ2) is 12.6. The van der Waals surface area contributed by atoms with Gasteiger partial charge >= 0.3 is 0 Å². The summed E-state index contributed by atoms with van der Waals surface area (Å²) in [5.74, 6) is 4.19. The predicted molar refractivity (Wildman–Crippen MR) is 122 cm³/mol. The molecular weight excluding hydrogens is 408 g/mol. The summed E-state index contributed by atoms with van der Waals surface area (Å²) in [5, 5.41) is 12.2. The molecule has 7 heteroatoms. The molecule has 0 spiro atoms. The topological polar surface area (TPSA) is 89.8 Å². The number of hydrogen-bond donors (Lipinski definition) is 1. The lowest BCUT2D eigenvalue weighted by molar-refractivity contribution is -0.117. The van der Waals surface area contributed by atoms with Crippen LogP contribution >= 0.6 is 0 Å². The number of amides is 1. The monoisotopic (exact) mass is 434 g/mol. The van der Waals surface area contributed by atoms with E-state index in [0.717, 1.165) is 5.56 Å². The normalized spacial score (nSPS) is 10.5. The lowest BCUT2D eigenvalue weighted by Gasteiger charge is -2.11. The molecule has 1 amide bonds. The number of carbonyl (C=O) groups excluding carboxylic acids is 1. The van der Waals surface area contributed by atoms with Gasteiger partial charge in [-0.3, -0.25) is 4.79 Å². The maximum atomic E-state index is 12.5. The minimum absolute atomic E-state index is 0.0166. The van der Waals surface area contributed by atoms with E-state index in [2.05, 4.69) is 11.2 Å². The van der Waals surface area contributed by atoms with Crippen molar-refractivity contribution in [2.75, 3.05) is 34.0 Å². The number of methoxy groups -OCH3 is 2. The van der Waals surface area contributed by atoms with Crippen molar-refractivity contribution in [2.45, 2.75) is 13.3 Å². The quantitative estimate of drug-likeness (QED) is 0.331. The van der Waals surface area contributed by atoms with Crippen LogP contribution in [0.5, 0.6) is 23.0 Å². The molecule has 32 heavy (non-hydrogen) atoms. The summed E-state index contributed by atoms with van der Waals surface area (Å²) < 4.78 is 21.5. The van der Waals surface area contributed by atoms with Crippen molar-refractivity contribution in [3.63, 3.8) is 0 Å². The van der Waals surface area contributed by atoms with Crippen LogP contribution in [-0.2, 0) is 11.2 Å². The molecule has 2 rings (SSSR count). The second-order valence-electron chi connectivity index (χ2n) is 6.50. The first kappa shape index (κ1) is 24.2. The smallest absolute Gasteiger partial charge is 0.261 e. The molecular formula is C25H26N2O5. The third-order valence-electron chi connectivity index (χ3n) is 4.40. The number of hydrogen-bond acceptors (Lipinski definition) is 6. The minimum Gasteiger partial charge on any atom is -0.493 e. The van der Waals surface area contributed by atoms with Gasteiger partial charge in [0.2, 0.25) is 0 Å². The van der Waals surface area contributed by atoms with Crippen molar-refractivity contribution in [1.82, 2.24) is 5.32 Å². The molecule has 0 radical (unpaired) electrons. The molecule has 0 heterocycles. The highest BCUT2D eigenvalue weighted by atomic mass is 16.5. The number of carbonyl (C=O) groups is 1. The second-order valence-corrected chi connectivity index (χ2v) is 6.50. The molecule has 2 aromatic rings. The first-order chi connectivity index (χ1) is 15.6. The number of nitrogens with one attached hydrogen (secondary N) is 1. The van der Waals surface area contributed by atoms with Crippen molar-refractivity contribution >= 4 is 12.0 Å². The SMILES string of the molecule is C#CCOc1ccc(/C=C(\C#N)C(=O)NCCc2ccc(OC)c(OC)c2)cc1OCC. The van der Waals surface area contributed by atoms with E-state index >= 15 is 0 Å². The van der Waals surface area contributed by atoms with Gasteiger partial charge in [0.05, 0.1) is 20.8 Å². The van der Waals surface area contributed by atoms with Gasteiger partial charge in [-0.05, 0) is 54.8 Å². The zero-order valence-electron chi connectivity index (χ0n) is 18.4. The van der Waals surface area contributed by atoms with Crippen molar-refractivity contribution in [3.05, 3.63) is 53.1 Å². The van der Waals surface area contributed by atoms with Crippen LogP contribution in [0.2, 0.25) is 0 Å².